The monoisotopic (exact) mass is 308 g/mol. The molecule has 2 heterocycles. The van der Waals surface area contributed by atoms with E-state index in [1.54, 1.807) is 35.2 Å². The van der Waals surface area contributed by atoms with Gasteiger partial charge in [0, 0.05) is 24.6 Å². The Balaban J connectivity index is 1.61. The lowest BCUT2D eigenvalue weighted by molar-refractivity contribution is 0.0771. The highest BCUT2D eigenvalue weighted by molar-refractivity contribution is 5.94. The Hall–Kier alpha value is -2.94. The molecule has 1 aliphatic rings. The maximum atomic E-state index is 12.4. The van der Waals surface area contributed by atoms with E-state index >= 15 is 0 Å². The van der Waals surface area contributed by atoms with Gasteiger partial charge < -0.3 is 9.64 Å². The molecule has 1 aromatic carbocycles. The van der Waals surface area contributed by atoms with E-state index in [1.165, 1.54) is 0 Å². The minimum Gasteiger partial charge on any atom is -0.471 e. The van der Waals surface area contributed by atoms with Crippen LogP contribution in [0.25, 0.3) is 0 Å². The molecule has 0 N–H and O–H groups in total. The van der Waals surface area contributed by atoms with E-state index in [4.69, 9.17) is 10.00 Å². The lowest BCUT2D eigenvalue weighted by Crippen LogP contribution is -2.31. The number of aromatic nitrogens is 2. The van der Waals surface area contributed by atoms with E-state index < -0.39 is 0 Å². The van der Waals surface area contributed by atoms with E-state index in [0.717, 1.165) is 12.1 Å². The third kappa shape index (κ3) is 3.46. The molecule has 6 heteroatoms. The number of amides is 1. The quantitative estimate of drug-likeness (QED) is 0.866. The van der Waals surface area contributed by atoms with Crippen molar-refractivity contribution in [2.24, 2.45) is 0 Å². The zero-order valence-corrected chi connectivity index (χ0v) is 12.8. The lowest BCUT2D eigenvalue weighted by atomic mass is 10.1. The van der Waals surface area contributed by atoms with Gasteiger partial charge in [0.1, 0.15) is 6.10 Å². The molecule has 23 heavy (non-hydrogen) atoms. The van der Waals surface area contributed by atoms with Gasteiger partial charge in [-0.15, -0.1) is 5.10 Å². The number of rotatable bonds is 3. The van der Waals surface area contributed by atoms with Gasteiger partial charge in [-0.05, 0) is 37.3 Å². The molecule has 0 saturated carbocycles. The van der Waals surface area contributed by atoms with Crippen LogP contribution in [0, 0.1) is 18.3 Å². The lowest BCUT2D eigenvalue weighted by Gasteiger charge is -2.17. The van der Waals surface area contributed by atoms with Gasteiger partial charge in [-0.1, -0.05) is 0 Å². The van der Waals surface area contributed by atoms with E-state index in [-0.39, 0.29) is 12.0 Å². The second-order valence-corrected chi connectivity index (χ2v) is 5.48. The van der Waals surface area contributed by atoms with Crippen molar-refractivity contribution in [2.75, 3.05) is 13.1 Å². The van der Waals surface area contributed by atoms with Crippen molar-refractivity contribution < 1.29 is 9.53 Å². The van der Waals surface area contributed by atoms with Crippen molar-refractivity contribution in [3.63, 3.8) is 0 Å². The second-order valence-electron chi connectivity index (χ2n) is 5.48. The number of likely N-dealkylation sites (tertiary alicyclic amines) is 1. The van der Waals surface area contributed by atoms with Crippen LogP contribution in [0.5, 0.6) is 5.88 Å². The number of benzene rings is 1. The van der Waals surface area contributed by atoms with Gasteiger partial charge in [0.2, 0.25) is 5.88 Å². The first-order valence-corrected chi connectivity index (χ1v) is 7.42. The Morgan fingerprint density at radius 2 is 2.04 bits per heavy atom. The summed E-state index contributed by atoms with van der Waals surface area (Å²) in [4.78, 5) is 14.2. The van der Waals surface area contributed by atoms with Crippen LogP contribution in [0.2, 0.25) is 0 Å². The molecular formula is C17H16N4O2. The number of carbonyl (C=O) groups is 1. The van der Waals surface area contributed by atoms with E-state index in [2.05, 4.69) is 10.2 Å². The van der Waals surface area contributed by atoms with Gasteiger partial charge in [-0.25, -0.2) is 0 Å². The van der Waals surface area contributed by atoms with Crippen molar-refractivity contribution in [1.82, 2.24) is 15.1 Å². The first kappa shape index (κ1) is 15.0. The molecule has 0 aliphatic carbocycles. The summed E-state index contributed by atoms with van der Waals surface area (Å²) >= 11 is 0. The standard InChI is InChI=1S/C17H16N4O2/c1-12-2-7-16(20-19-12)23-15-8-9-21(11-15)17(22)14-5-3-13(10-18)4-6-14/h2-7,15H,8-9,11H2,1H3/t15-/m1/s1. The molecule has 2 aromatic rings. The molecule has 0 unspecified atom stereocenters. The number of aryl methyl sites for hydroxylation is 1. The molecule has 1 saturated heterocycles. The Labute approximate surface area is 134 Å². The summed E-state index contributed by atoms with van der Waals surface area (Å²) in [5.74, 6) is 0.434. The van der Waals surface area contributed by atoms with Gasteiger partial charge in [-0.3, -0.25) is 4.79 Å². The van der Waals surface area contributed by atoms with Crippen LogP contribution in [0.4, 0.5) is 0 Å². The average Bonchev–Trinajstić information content (AvgIpc) is 3.05. The van der Waals surface area contributed by atoms with Crippen molar-refractivity contribution in [3.05, 3.63) is 53.2 Å². The molecule has 1 aliphatic heterocycles. The number of nitrogens with zero attached hydrogens (tertiary/aromatic N) is 4. The Bertz CT molecular complexity index is 735. The van der Waals surface area contributed by atoms with Crippen LogP contribution in [0.1, 0.15) is 28.0 Å². The molecule has 1 aromatic heterocycles. The van der Waals surface area contributed by atoms with Crippen molar-refractivity contribution in [1.29, 1.82) is 5.26 Å². The fraction of sp³-hybridized carbons (Fsp3) is 0.294. The van der Waals surface area contributed by atoms with Crippen LogP contribution in [0.3, 0.4) is 0 Å². The first-order valence-electron chi connectivity index (χ1n) is 7.42. The maximum absolute atomic E-state index is 12.4. The molecule has 1 atom stereocenters. The van der Waals surface area contributed by atoms with Gasteiger partial charge in [-0.2, -0.15) is 10.4 Å². The number of nitriles is 1. The zero-order chi connectivity index (χ0) is 16.2. The number of hydrogen-bond acceptors (Lipinski definition) is 5. The van der Waals surface area contributed by atoms with Gasteiger partial charge in [0.05, 0.1) is 23.9 Å². The molecule has 0 spiro atoms. The number of ether oxygens (including phenoxy) is 1. The SMILES string of the molecule is Cc1ccc(O[C@@H]2CCN(C(=O)c3ccc(C#N)cc3)C2)nn1. The van der Waals surface area contributed by atoms with Gasteiger partial charge in [0.15, 0.2) is 0 Å². The minimum absolute atomic E-state index is 0.0458. The van der Waals surface area contributed by atoms with E-state index in [1.807, 2.05) is 19.1 Å². The summed E-state index contributed by atoms with van der Waals surface area (Å²) in [6.45, 7) is 3.03. The molecular weight excluding hydrogens is 292 g/mol. The summed E-state index contributed by atoms with van der Waals surface area (Å²) in [7, 11) is 0. The highest BCUT2D eigenvalue weighted by Gasteiger charge is 2.28. The summed E-state index contributed by atoms with van der Waals surface area (Å²) in [5.41, 5.74) is 1.96. The van der Waals surface area contributed by atoms with Crippen molar-refractivity contribution in [3.8, 4) is 11.9 Å². The van der Waals surface area contributed by atoms with E-state index in [0.29, 0.717) is 30.1 Å². The predicted octanol–water partition coefficient (Wildman–Crippen LogP) is 1.95. The average molecular weight is 308 g/mol. The molecule has 3 rings (SSSR count). The van der Waals surface area contributed by atoms with Crippen LogP contribution in [0.15, 0.2) is 36.4 Å². The largest absolute Gasteiger partial charge is 0.471 e. The molecule has 1 amide bonds. The minimum atomic E-state index is -0.0747. The highest BCUT2D eigenvalue weighted by Crippen LogP contribution is 2.18. The fourth-order valence-electron chi connectivity index (χ4n) is 2.50. The predicted molar refractivity (Wildman–Crippen MR) is 82.9 cm³/mol. The number of hydrogen-bond donors (Lipinski definition) is 0. The third-order valence-corrected chi connectivity index (χ3v) is 3.75. The van der Waals surface area contributed by atoms with Gasteiger partial charge in [0.25, 0.3) is 5.91 Å². The smallest absolute Gasteiger partial charge is 0.253 e. The third-order valence-electron chi connectivity index (χ3n) is 3.75. The molecule has 0 radical (unpaired) electrons. The Kier molecular flexibility index (Phi) is 4.20. The number of carbonyl (C=O) groups excluding carboxylic acids is 1. The fourth-order valence-corrected chi connectivity index (χ4v) is 2.50. The highest BCUT2D eigenvalue weighted by atomic mass is 16.5. The molecule has 6 nitrogen and oxygen atoms in total. The van der Waals surface area contributed by atoms with Gasteiger partial charge >= 0.3 is 0 Å². The molecule has 1 fully saturated rings. The summed E-state index contributed by atoms with van der Waals surface area (Å²) in [5, 5.41) is 16.7. The van der Waals surface area contributed by atoms with Crippen molar-refractivity contribution >= 4 is 5.91 Å². The Morgan fingerprint density at radius 3 is 2.70 bits per heavy atom. The van der Waals surface area contributed by atoms with E-state index in [9.17, 15) is 4.79 Å². The Morgan fingerprint density at radius 1 is 1.26 bits per heavy atom. The topological polar surface area (TPSA) is 79.1 Å². The van der Waals surface area contributed by atoms with Crippen LogP contribution in [-0.2, 0) is 0 Å². The zero-order valence-electron chi connectivity index (χ0n) is 12.8. The summed E-state index contributed by atoms with van der Waals surface area (Å²) in [6.07, 6.45) is 0.687. The van der Waals surface area contributed by atoms with Crippen LogP contribution in [-0.4, -0.2) is 40.2 Å². The van der Waals surface area contributed by atoms with Crippen LogP contribution < -0.4 is 4.74 Å². The summed E-state index contributed by atoms with van der Waals surface area (Å²) in [6, 6.07) is 12.3. The van der Waals surface area contributed by atoms with Crippen molar-refractivity contribution in [2.45, 2.75) is 19.4 Å². The molecule has 0 bridgehead atoms. The molecule has 116 valence electrons. The van der Waals surface area contributed by atoms with Crippen LogP contribution >= 0.6 is 0 Å². The normalized spacial score (nSPS) is 16.9. The maximum Gasteiger partial charge on any atom is 0.253 e. The summed E-state index contributed by atoms with van der Waals surface area (Å²) < 4.78 is 5.77. The first-order chi connectivity index (χ1) is 11.2. The second kappa shape index (κ2) is 6.44.